The van der Waals surface area contributed by atoms with Crippen LogP contribution in [0.15, 0.2) is 36.4 Å². The number of hydrogen-bond acceptors (Lipinski definition) is 1. The number of amides is 1. The Balaban J connectivity index is 2.63. The van der Waals surface area contributed by atoms with Crippen LogP contribution in [-0.4, -0.2) is 23.9 Å². The topological polar surface area (TPSA) is 20.3 Å². The minimum Gasteiger partial charge on any atom is -0.340 e. The Bertz CT molecular complexity index is 341. The van der Waals surface area contributed by atoms with Crippen LogP contribution in [0.1, 0.15) is 19.4 Å². The molecule has 0 bridgehead atoms. The lowest BCUT2D eigenvalue weighted by Crippen LogP contribution is -2.31. The molecule has 2 heteroatoms. The van der Waals surface area contributed by atoms with Gasteiger partial charge in [0.2, 0.25) is 5.91 Å². The molecule has 0 saturated heterocycles. The molecular weight excluding hydrogens is 186 g/mol. The summed E-state index contributed by atoms with van der Waals surface area (Å²) in [5, 5.41) is 0. The summed E-state index contributed by atoms with van der Waals surface area (Å²) in [5.74, 6) is 0.0360. The number of rotatable bonds is 3. The first-order valence-electron chi connectivity index (χ1n) is 5.11. The van der Waals surface area contributed by atoms with Crippen molar-refractivity contribution < 1.29 is 4.79 Å². The van der Waals surface area contributed by atoms with Crippen molar-refractivity contribution >= 4 is 12.0 Å². The molecule has 1 rings (SSSR count). The molecule has 1 aromatic carbocycles. The lowest BCUT2D eigenvalue weighted by atomic mass is 10.2. The predicted molar refractivity (Wildman–Crippen MR) is 63.4 cm³/mol. The highest BCUT2D eigenvalue weighted by Gasteiger charge is 2.07. The molecule has 0 aromatic heterocycles. The number of likely N-dealkylation sites (N-methyl/N-ethyl adjacent to an activating group) is 1. The van der Waals surface area contributed by atoms with E-state index in [0.717, 1.165) is 5.56 Å². The zero-order chi connectivity index (χ0) is 11.3. The first-order valence-corrected chi connectivity index (χ1v) is 5.11. The van der Waals surface area contributed by atoms with E-state index in [9.17, 15) is 4.79 Å². The van der Waals surface area contributed by atoms with E-state index < -0.39 is 0 Å². The van der Waals surface area contributed by atoms with Crippen LogP contribution in [0.4, 0.5) is 0 Å². The zero-order valence-corrected chi connectivity index (χ0v) is 9.47. The smallest absolute Gasteiger partial charge is 0.246 e. The van der Waals surface area contributed by atoms with Crippen LogP contribution in [0.3, 0.4) is 0 Å². The van der Waals surface area contributed by atoms with E-state index in [0.29, 0.717) is 0 Å². The van der Waals surface area contributed by atoms with Crippen LogP contribution in [0.5, 0.6) is 0 Å². The third kappa shape index (κ3) is 3.58. The fourth-order valence-corrected chi connectivity index (χ4v) is 1.10. The lowest BCUT2D eigenvalue weighted by Gasteiger charge is -2.19. The molecule has 0 fully saturated rings. The van der Waals surface area contributed by atoms with Crippen molar-refractivity contribution in [3.05, 3.63) is 42.0 Å². The van der Waals surface area contributed by atoms with Crippen LogP contribution in [0, 0.1) is 0 Å². The van der Waals surface area contributed by atoms with Crippen molar-refractivity contribution in [3.63, 3.8) is 0 Å². The van der Waals surface area contributed by atoms with Gasteiger partial charge in [-0.25, -0.2) is 0 Å². The van der Waals surface area contributed by atoms with Gasteiger partial charge in [0.1, 0.15) is 0 Å². The molecule has 15 heavy (non-hydrogen) atoms. The van der Waals surface area contributed by atoms with Crippen LogP contribution in [0.25, 0.3) is 6.08 Å². The molecule has 0 spiro atoms. The van der Waals surface area contributed by atoms with Crippen molar-refractivity contribution in [3.8, 4) is 0 Å². The number of carbonyl (C=O) groups excluding carboxylic acids is 1. The Morgan fingerprint density at radius 3 is 2.40 bits per heavy atom. The van der Waals surface area contributed by atoms with E-state index in [1.165, 1.54) is 0 Å². The maximum absolute atomic E-state index is 11.6. The van der Waals surface area contributed by atoms with Gasteiger partial charge in [-0.2, -0.15) is 0 Å². The molecule has 0 atom stereocenters. The first-order chi connectivity index (χ1) is 7.11. The average Bonchev–Trinajstić information content (AvgIpc) is 2.26. The second-order valence-corrected chi connectivity index (χ2v) is 3.79. The minimum absolute atomic E-state index is 0.0360. The van der Waals surface area contributed by atoms with E-state index in [4.69, 9.17) is 0 Å². The molecule has 0 aliphatic heterocycles. The summed E-state index contributed by atoms with van der Waals surface area (Å²) >= 11 is 0. The molecule has 0 radical (unpaired) electrons. The van der Waals surface area contributed by atoms with Gasteiger partial charge >= 0.3 is 0 Å². The number of nitrogens with zero attached hydrogens (tertiary/aromatic N) is 1. The van der Waals surface area contributed by atoms with E-state index in [1.807, 2.05) is 57.3 Å². The summed E-state index contributed by atoms with van der Waals surface area (Å²) in [5.41, 5.74) is 1.04. The molecule has 0 saturated carbocycles. The summed E-state index contributed by atoms with van der Waals surface area (Å²) in [6.07, 6.45) is 3.44. The van der Waals surface area contributed by atoms with Gasteiger partial charge in [-0.3, -0.25) is 4.79 Å². The Morgan fingerprint density at radius 1 is 1.27 bits per heavy atom. The number of carbonyl (C=O) groups is 1. The Kier molecular flexibility index (Phi) is 4.10. The highest BCUT2D eigenvalue weighted by atomic mass is 16.2. The van der Waals surface area contributed by atoms with Gasteiger partial charge in [-0.05, 0) is 25.5 Å². The Morgan fingerprint density at radius 2 is 1.87 bits per heavy atom. The van der Waals surface area contributed by atoms with Crippen LogP contribution < -0.4 is 0 Å². The SMILES string of the molecule is CC(C)N(C)C(=O)/C=C/c1ccccc1. The van der Waals surface area contributed by atoms with Crippen molar-refractivity contribution in [1.29, 1.82) is 0 Å². The van der Waals surface area contributed by atoms with E-state index in [2.05, 4.69) is 0 Å². The second-order valence-electron chi connectivity index (χ2n) is 3.79. The number of benzene rings is 1. The standard InChI is InChI=1S/C13H17NO/c1-11(2)14(3)13(15)10-9-12-7-5-4-6-8-12/h4-11H,1-3H3/b10-9+. The summed E-state index contributed by atoms with van der Waals surface area (Å²) in [4.78, 5) is 13.3. The van der Waals surface area contributed by atoms with E-state index in [-0.39, 0.29) is 11.9 Å². The van der Waals surface area contributed by atoms with E-state index in [1.54, 1.807) is 11.0 Å². The quantitative estimate of drug-likeness (QED) is 0.691. The lowest BCUT2D eigenvalue weighted by molar-refractivity contribution is -0.126. The van der Waals surface area contributed by atoms with Gasteiger partial charge < -0.3 is 4.90 Å². The van der Waals surface area contributed by atoms with Gasteiger partial charge in [-0.15, -0.1) is 0 Å². The van der Waals surface area contributed by atoms with Gasteiger partial charge in [0, 0.05) is 19.2 Å². The highest BCUT2D eigenvalue weighted by molar-refractivity contribution is 5.91. The molecule has 2 nitrogen and oxygen atoms in total. The van der Waals surface area contributed by atoms with Crippen molar-refractivity contribution in [2.24, 2.45) is 0 Å². The molecular formula is C13H17NO. The van der Waals surface area contributed by atoms with Crippen molar-refractivity contribution in [1.82, 2.24) is 4.90 Å². The molecule has 0 aliphatic rings. The Labute approximate surface area is 91.2 Å². The summed E-state index contributed by atoms with van der Waals surface area (Å²) in [6, 6.07) is 10.0. The first kappa shape index (κ1) is 11.5. The predicted octanol–water partition coefficient (Wildman–Crippen LogP) is 2.57. The van der Waals surface area contributed by atoms with E-state index >= 15 is 0 Å². The van der Waals surface area contributed by atoms with Gasteiger partial charge in [0.05, 0.1) is 0 Å². The molecule has 0 aliphatic carbocycles. The Hall–Kier alpha value is -1.57. The second kappa shape index (κ2) is 5.35. The molecule has 0 heterocycles. The van der Waals surface area contributed by atoms with Crippen LogP contribution >= 0.6 is 0 Å². The largest absolute Gasteiger partial charge is 0.340 e. The van der Waals surface area contributed by atoms with Crippen LogP contribution in [-0.2, 0) is 4.79 Å². The zero-order valence-electron chi connectivity index (χ0n) is 9.47. The summed E-state index contributed by atoms with van der Waals surface area (Å²) < 4.78 is 0. The van der Waals surface area contributed by atoms with Crippen LogP contribution in [0.2, 0.25) is 0 Å². The van der Waals surface area contributed by atoms with Gasteiger partial charge in [0.25, 0.3) is 0 Å². The third-order valence-corrected chi connectivity index (χ3v) is 2.34. The maximum Gasteiger partial charge on any atom is 0.246 e. The van der Waals surface area contributed by atoms with Gasteiger partial charge in [-0.1, -0.05) is 30.3 Å². The molecule has 80 valence electrons. The average molecular weight is 203 g/mol. The third-order valence-electron chi connectivity index (χ3n) is 2.34. The van der Waals surface area contributed by atoms with Crippen molar-refractivity contribution in [2.45, 2.75) is 19.9 Å². The number of hydrogen-bond donors (Lipinski definition) is 0. The fourth-order valence-electron chi connectivity index (χ4n) is 1.10. The molecule has 0 N–H and O–H groups in total. The summed E-state index contributed by atoms with van der Waals surface area (Å²) in [7, 11) is 1.81. The van der Waals surface area contributed by atoms with Crippen molar-refractivity contribution in [2.75, 3.05) is 7.05 Å². The monoisotopic (exact) mass is 203 g/mol. The van der Waals surface area contributed by atoms with Gasteiger partial charge in [0.15, 0.2) is 0 Å². The maximum atomic E-state index is 11.6. The minimum atomic E-state index is 0.0360. The molecule has 1 amide bonds. The summed E-state index contributed by atoms with van der Waals surface area (Å²) in [6.45, 7) is 3.99. The highest BCUT2D eigenvalue weighted by Crippen LogP contribution is 2.02. The molecule has 1 aromatic rings. The molecule has 0 unspecified atom stereocenters. The normalized spacial score (nSPS) is 10.9. The fraction of sp³-hybridized carbons (Fsp3) is 0.308.